The van der Waals surface area contributed by atoms with Crippen molar-refractivity contribution in [2.24, 2.45) is 0 Å². The minimum atomic E-state index is -0.250. The van der Waals surface area contributed by atoms with Crippen LogP contribution in [0, 0.1) is 14.9 Å². The summed E-state index contributed by atoms with van der Waals surface area (Å²) >= 11 is 4.83. The third-order valence-electron chi connectivity index (χ3n) is 2.47. The number of halogens is 3. The first-order chi connectivity index (χ1) is 9.84. The fourth-order valence-electron chi connectivity index (χ4n) is 1.82. The van der Waals surface area contributed by atoms with Crippen molar-refractivity contribution < 1.29 is 23.3 Å². The number of benzene rings is 1. The quantitative estimate of drug-likeness (QED) is 0.223. The van der Waals surface area contributed by atoms with Gasteiger partial charge in [0.2, 0.25) is 0 Å². The number of hydrogen-bond acceptors (Lipinski definition) is 1. The molecule has 0 saturated heterocycles. The zero-order chi connectivity index (χ0) is 16.0. The Hall–Kier alpha value is 0.360. The van der Waals surface area contributed by atoms with Crippen molar-refractivity contribution in [1.82, 2.24) is 4.98 Å². The molecule has 0 saturated carbocycles. The molecule has 7 heteroatoms. The molecule has 1 heterocycles. The van der Waals surface area contributed by atoms with Crippen LogP contribution in [0.1, 0.15) is 20.8 Å². The average Bonchev–Trinajstić information content (AvgIpc) is 2.76. The van der Waals surface area contributed by atoms with Gasteiger partial charge in [-0.15, -0.1) is 64.7 Å². The van der Waals surface area contributed by atoms with Crippen molar-refractivity contribution in [1.29, 1.82) is 0 Å². The second-order valence-corrected chi connectivity index (χ2v) is 6.50. The van der Waals surface area contributed by atoms with Gasteiger partial charge in [-0.2, -0.15) is 0 Å². The van der Waals surface area contributed by atoms with E-state index in [1.165, 1.54) is 44.9 Å². The van der Waals surface area contributed by atoms with E-state index in [1.807, 2.05) is 39.2 Å². The van der Waals surface area contributed by atoms with Crippen molar-refractivity contribution in [2.75, 3.05) is 0 Å². The van der Waals surface area contributed by atoms with E-state index in [1.54, 1.807) is 0 Å². The van der Waals surface area contributed by atoms with E-state index in [4.69, 9.17) is 5.73 Å². The number of aromatic nitrogens is 1. The number of hydrogen-bond donors (Lipinski definition) is 0. The van der Waals surface area contributed by atoms with Crippen LogP contribution in [0.15, 0.2) is 47.2 Å². The van der Waals surface area contributed by atoms with Gasteiger partial charge < -0.3 is 20.6 Å². The Morgan fingerprint density at radius 2 is 1.56 bits per heavy atom. The normalized spacial score (nSPS) is 8.80. The molecule has 140 valence electrons. The van der Waals surface area contributed by atoms with Crippen molar-refractivity contribution in [2.45, 2.75) is 26.3 Å². The van der Waals surface area contributed by atoms with E-state index in [-0.39, 0.29) is 45.2 Å². The van der Waals surface area contributed by atoms with Crippen LogP contribution in [0.2, 0.25) is 0 Å². The standard InChI is InChI=1S/C12H7BrN.C4H10N.2CH3.2ClH.Si.Zr/c13-10-1-2-11-9(6-10)5-8-3-4-14-7-12(8)11;1-4(2,3)5;;;;;;/h1-7H;5H,1-3H3;2*1H3;2*1H;;/q4*-1;;;;. The first-order valence-electron chi connectivity index (χ1n) is 6.43. The molecule has 0 aliphatic heterocycles. The Morgan fingerprint density at radius 3 is 2.08 bits per heavy atom. The summed E-state index contributed by atoms with van der Waals surface area (Å²) in [5.41, 5.74) is 6.69. The molecule has 25 heavy (non-hydrogen) atoms. The minimum absolute atomic E-state index is 0. The number of fused-ring (bicyclic) bond motifs is 3. The van der Waals surface area contributed by atoms with E-state index < -0.39 is 0 Å². The Labute approximate surface area is 190 Å². The summed E-state index contributed by atoms with van der Waals surface area (Å²) in [6, 6.07) is 10.6. The van der Waals surface area contributed by atoms with Crippen LogP contribution in [-0.2, 0) is 23.3 Å². The van der Waals surface area contributed by atoms with Gasteiger partial charge in [-0.1, -0.05) is 54.2 Å². The van der Waals surface area contributed by atoms with E-state index in [0.29, 0.717) is 0 Å². The second kappa shape index (κ2) is 15.4. The fraction of sp³-hybridized carbons (Fsp3) is 0.222. The molecule has 2 nitrogen and oxygen atoms in total. The van der Waals surface area contributed by atoms with Crippen LogP contribution < -0.4 is 0 Å². The van der Waals surface area contributed by atoms with E-state index in [9.17, 15) is 0 Å². The molecular formula is C18H25BrCl2N2SiZr-4. The van der Waals surface area contributed by atoms with Gasteiger partial charge in [-0.05, 0) is 16.9 Å². The van der Waals surface area contributed by atoms with Crippen LogP contribution in [-0.4, -0.2) is 17.4 Å². The molecule has 0 fully saturated rings. The van der Waals surface area contributed by atoms with Crippen molar-refractivity contribution >= 4 is 69.2 Å². The van der Waals surface area contributed by atoms with E-state index in [2.05, 4.69) is 52.1 Å². The van der Waals surface area contributed by atoms with Crippen molar-refractivity contribution in [3.8, 4) is 0 Å². The molecule has 0 unspecified atom stereocenters. The monoisotopic (exact) mass is 536 g/mol. The average molecular weight is 540 g/mol. The molecule has 1 N–H and O–H groups in total. The van der Waals surface area contributed by atoms with Gasteiger partial charge in [0, 0.05) is 0 Å². The number of nitrogens with zero attached hydrogens (tertiary/aromatic N) is 1. The summed E-state index contributed by atoms with van der Waals surface area (Å²) in [6.45, 7) is 8.62. The molecule has 0 spiro atoms. The maximum absolute atomic E-state index is 6.94. The SMILES string of the molecule is Brc1ccc2c(c1)[cH-]c1ccncc12.CC(C)(C)[NH-].Cl.Cl.[CH3-].[CH3-].[Si]=[Zr]. The first kappa shape index (κ1) is 33.0. The summed E-state index contributed by atoms with van der Waals surface area (Å²) in [6.07, 6.45) is 3.75. The van der Waals surface area contributed by atoms with Crippen LogP contribution in [0.4, 0.5) is 0 Å². The first-order valence-corrected chi connectivity index (χ1v) is 11.4. The third-order valence-corrected chi connectivity index (χ3v) is 2.96. The van der Waals surface area contributed by atoms with Gasteiger partial charge in [0.25, 0.3) is 0 Å². The van der Waals surface area contributed by atoms with Gasteiger partial charge in [0.15, 0.2) is 0 Å². The van der Waals surface area contributed by atoms with Gasteiger partial charge in [0.05, 0.1) is 0 Å². The summed E-state index contributed by atoms with van der Waals surface area (Å²) in [7, 11) is 0. The molecule has 3 aromatic rings. The Balaban J connectivity index is -0.000000178. The second-order valence-electron chi connectivity index (χ2n) is 5.59. The van der Waals surface area contributed by atoms with Gasteiger partial charge in [-0.3, -0.25) is 4.98 Å². The third kappa shape index (κ3) is 11.6. The van der Waals surface area contributed by atoms with Gasteiger partial charge in [0.1, 0.15) is 0 Å². The zero-order valence-electron chi connectivity index (χ0n) is 15.2. The van der Waals surface area contributed by atoms with E-state index >= 15 is 0 Å². The Morgan fingerprint density at radius 1 is 1.04 bits per heavy atom. The fourth-order valence-corrected chi connectivity index (χ4v) is 2.20. The summed E-state index contributed by atoms with van der Waals surface area (Å²) in [5, 5.41) is 5.03. The molecule has 3 rings (SSSR count). The molecule has 1 aromatic heterocycles. The van der Waals surface area contributed by atoms with Crippen LogP contribution in [0.5, 0.6) is 0 Å². The predicted octanol–water partition coefficient (Wildman–Crippen LogP) is 7.07. The molecular weight excluding hydrogens is 514 g/mol. The molecule has 2 aromatic carbocycles. The van der Waals surface area contributed by atoms with Gasteiger partial charge in [-0.25, -0.2) is 0 Å². The topological polar surface area (TPSA) is 36.7 Å². The Kier molecular flexibility index (Phi) is 20.3. The molecule has 0 bridgehead atoms. The Bertz CT molecular complexity index is 724. The number of pyridine rings is 1. The van der Waals surface area contributed by atoms with Crippen molar-refractivity contribution in [3.05, 3.63) is 67.8 Å². The van der Waals surface area contributed by atoms with Crippen LogP contribution in [0.25, 0.3) is 27.3 Å². The van der Waals surface area contributed by atoms with Crippen LogP contribution in [0.3, 0.4) is 0 Å². The number of nitrogens with one attached hydrogen (secondary N) is 1. The predicted molar refractivity (Wildman–Crippen MR) is 120 cm³/mol. The summed E-state index contributed by atoms with van der Waals surface area (Å²) in [5.74, 6) is 0. The molecule has 0 aliphatic carbocycles. The molecule has 0 atom stereocenters. The number of rotatable bonds is 0. The molecule has 0 aliphatic rings. The molecule has 2 radical (unpaired) electrons. The maximum atomic E-state index is 6.94. The summed E-state index contributed by atoms with van der Waals surface area (Å²) < 4.78 is 1.12. The summed E-state index contributed by atoms with van der Waals surface area (Å²) in [4.78, 5) is 4.15. The molecule has 0 amide bonds. The van der Waals surface area contributed by atoms with E-state index in [0.717, 1.165) is 4.47 Å². The van der Waals surface area contributed by atoms with Crippen molar-refractivity contribution in [3.63, 3.8) is 0 Å². The zero-order valence-corrected chi connectivity index (χ0v) is 21.9. The van der Waals surface area contributed by atoms with Crippen LogP contribution >= 0.6 is 40.7 Å². The van der Waals surface area contributed by atoms with Gasteiger partial charge >= 0.3 is 30.2 Å².